The molecule has 154 valence electrons. The maximum absolute atomic E-state index is 11.9. The lowest BCUT2D eigenvalue weighted by molar-refractivity contribution is -0.174. The molecule has 0 aromatic heterocycles. The number of benzene rings is 2. The zero-order valence-electron chi connectivity index (χ0n) is 15.3. The van der Waals surface area contributed by atoms with Crippen molar-refractivity contribution in [1.82, 2.24) is 0 Å². The third-order valence-electron chi connectivity index (χ3n) is 3.94. The third-order valence-corrected chi connectivity index (χ3v) is 3.94. The summed E-state index contributed by atoms with van der Waals surface area (Å²) in [5.41, 5.74) is -1.59. The van der Waals surface area contributed by atoms with Gasteiger partial charge in [-0.15, -0.1) is 0 Å². The largest absolute Gasteiger partial charge is 0.508 e. The number of aliphatic hydroxyl groups is 1. The van der Waals surface area contributed by atoms with E-state index < -0.39 is 36.4 Å². The standard InChI is InChI=1S/C20H20O9/c21-15-5-1-13(2-6-15)11-28-17(23)9-20(27,19(25)26)10-18(24)29-12-14-3-7-16(22)8-4-14/h1-8,21-22,27H,9-12H2,(H,25,26). The number of carbonyl (C=O) groups excluding carboxylic acids is 2. The zero-order valence-corrected chi connectivity index (χ0v) is 15.3. The Morgan fingerprint density at radius 3 is 1.38 bits per heavy atom. The van der Waals surface area contributed by atoms with Gasteiger partial charge in [0.25, 0.3) is 0 Å². The molecule has 0 aliphatic rings. The van der Waals surface area contributed by atoms with E-state index in [1.165, 1.54) is 48.5 Å². The number of hydrogen-bond acceptors (Lipinski definition) is 8. The molecule has 2 aromatic rings. The number of carboxylic acid groups (broad SMARTS) is 1. The maximum Gasteiger partial charge on any atom is 0.336 e. The lowest BCUT2D eigenvalue weighted by atomic mass is 9.96. The molecular formula is C20H20O9. The molecule has 29 heavy (non-hydrogen) atoms. The van der Waals surface area contributed by atoms with E-state index in [4.69, 9.17) is 9.47 Å². The normalized spacial score (nSPS) is 10.9. The first-order valence-electron chi connectivity index (χ1n) is 8.51. The number of aliphatic carboxylic acids is 1. The summed E-state index contributed by atoms with van der Waals surface area (Å²) in [6.07, 6.45) is -1.90. The maximum atomic E-state index is 11.9. The van der Waals surface area contributed by atoms with Gasteiger partial charge >= 0.3 is 17.9 Å². The van der Waals surface area contributed by atoms with Crippen LogP contribution in [0.5, 0.6) is 11.5 Å². The van der Waals surface area contributed by atoms with E-state index >= 15 is 0 Å². The Bertz CT molecular complexity index is 793. The van der Waals surface area contributed by atoms with E-state index in [0.29, 0.717) is 11.1 Å². The first-order chi connectivity index (χ1) is 13.7. The van der Waals surface area contributed by atoms with Gasteiger partial charge in [-0.2, -0.15) is 0 Å². The van der Waals surface area contributed by atoms with Crippen LogP contribution in [-0.4, -0.2) is 43.9 Å². The van der Waals surface area contributed by atoms with Crippen molar-refractivity contribution in [3.63, 3.8) is 0 Å². The summed E-state index contributed by atoms with van der Waals surface area (Å²) in [6.45, 7) is -0.389. The number of esters is 2. The Kier molecular flexibility index (Phi) is 7.15. The predicted molar refractivity (Wildman–Crippen MR) is 97.6 cm³/mol. The summed E-state index contributed by atoms with van der Waals surface area (Å²) in [6, 6.07) is 11.6. The number of ether oxygens (including phenoxy) is 2. The fourth-order valence-electron chi connectivity index (χ4n) is 2.31. The first kappa shape index (κ1) is 21.7. The quantitative estimate of drug-likeness (QED) is 0.456. The highest BCUT2D eigenvalue weighted by Gasteiger charge is 2.42. The summed E-state index contributed by atoms with van der Waals surface area (Å²) in [5, 5.41) is 37.9. The molecule has 0 aliphatic carbocycles. The smallest absolute Gasteiger partial charge is 0.336 e. The second-order valence-corrected chi connectivity index (χ2v) is 6.34. The Morgan fingerprint density at radius 2 is 1.07 bits per heavy atom. The van der Waals surface area contributed by atoms with Crippen molar-refractivity contribution in [1.29, 1.82) is 0 Å². The Morgan fingerprint density at radius 1 is 0.724 bits per heavy atom. The number of hydrogen-bond donors (Lipinski definition) is 4. The van der Waals surface area contributed by atoms with Crippen molar-refractivity contribution in [2.75, 3.05) is 0 Å². The summed E-state index contributed by atoms with van der Waals surface area (Å²) in [4.78, 5) is 35.2. The summed E-state index contributed by atoms with van der Waals surface area (Å²) in [5.74, 6) is -3.73. The average molecular weight is 404 g/mol. The molecule has 0 heterocycles. The van der Waals surface area contributed by atoms with Gasteiger partial charge < -0.3 is 29.9 Å². The number of phenolic OH excluding ortho intramolecular Hbond substituents is 2. The molecule has 0 unspecified atom stereocenters. The van der Waals surface area contributed by atoms with Gasteiger partial charge in [-0.05, 0) is 35.4 Å². The number of phenols is 2. The van der Waals surface area contributed by atoms with Gasteiger partial charge in [0.05, 0.1) is 12.8 Å². The molecule has 0 atom stereocenters. The van der Waals surface area contributed by atoms with Crippen LogP contribution in [0.4, 0.5) is 0 Å². The van der Waals surface area contributed by atoms with Crippen LogP contribution in [0.2, 0.25) is 0 Å². The number of rotatable bonds is 9. The van der Waals surface area contributed by atoms with Crippen molar-refractivity contribution < 1.29 is 44.3 Å². The Balaban J connectivity index is 1.88. The molecule has 9 nitrogen and oxygen atoms in total. The van der Waals surface area contributed by atoms with E-state index in [1.807, 2.05) is 0 Å². The third kappa shape index (κ3) is 6.82. The van der Waals surface area contributed by atoms with Crippen LogP contribution in [0.1, 0.15) is 24.0 Å². The molecule has 0 radical (unpaired) electrons. The molecule has 2 aromatic carbocycles. The minimum Gasteiger partial charge on any atom is -0.508 e. The number of carbonyl (C=O) groups is 3. The molecule has 0 spiro atoms. The Hall–Kier alpha value is -3.59. The van der Waals surface area contributed by atoms with Gasteiger partial charge in [0.2, 0.25) is 0 Å². The molecule has 0 fully saturated rings. The van der Waals surface area contributed by atoms with E-state index in [0.717, 1.165) is 0 Å². The van der Waals surface area contributed by atoms with Crippen LogP contribution in [0.15, 0.2) is 48.5 Å². The summed E-state index contributed by atoms with van der Waals surface area (Å²) >= 11 is 0. The van der Waals surface area contributed by atoms with E-state index in [9.17, 15) is 34.8 Å². The molecule has 9 heteroatoms. The summed E-state index contributed by atoms with van der Waals surface area (Å²) in [7, 11) is 0. The Labute approximate surface area is 165 Å². The minimum absolute atomic E-state index is 0.0335. The van der Waals surface area contributed by atoms with E-state index in [2.05, 4.69) is 0 Å². The molecule has 0 bridgehead atoms. The highest BCUT2D eigenvalue weighted by Crippen LogP contribution is 2.20. The fourth-order valence-corrected chi connectivity index (χ4v) is 2.31. The van der Waals surface area contributed by atoms with Gasteiger partial charge in [-0.3, -0.25) is 9.59 Å². The van der Waals surface area contributed by atoms with Crippen molar-refractivity contribution in [3.05, 3.63) is 59.7 Å². The van der Waals surface area contributed by atoms with Gasteiger partial charge in [0.15, 0.2) is 5.60 Å². The average Bonchev–Trinajstić information content (AvgIpc) is 2.67. The molecule has 0 saturated heterocycles. The molecule has 0 amide bonds. The van der Waals surface area contributed by atoms with Gasteiger partial charge in [-0.25, -0.2) is 4.79 Å². The summed E-state index contributed by atoms with van der Waals surface area (Å²) < 4.78 is 9.83. The molecule has 4 N–H and O–H groups in total. The second-order valence-electron chi connectivity index (χ2n) is 6.34. The second kappa shape index (κ2) is 9.56. The lowest BCUT2D eigenvalue weighted by Gasteiger charge is -2.21. The van der Waals surface area contributed by atoms with Crippen LogP contribution in [0, 0.1) is 0 Å². The molecular weight excluding hydrogens is 384 g/mol. The van der Waals surface area contributed by atoms with Gasteiger partial charge in [0, 0.05) is 0 Å². The van der Waals surface area contributed by atoms with E-state index in [-0.39, 0.29) is 24.7 Å². The lowest BCUT2D eigenvalue weighted by Crippen LogP contribution is -2.43. The van der Waals surface area contributed by atoms with Crippen LogP contribution >= 0.6 is 0 Å². The van der Waals surface area contributed by atoms with Gasteiger partial charge in [0.1, 0.15) is 24.7 Å². The van der Waals surface area contributed by atoms with Crippen LogP contribution < -0.4 is 0 Å². The van der Waals surface area contributed by atoms with Crippen molar-refractivity contribution in [3.8, 4) is 11.5 Å². The first-order valence-corrected chi connectivity index (χ1v) is 8.51. The van der Waals surface area contributed by atoms with Crippen LogP contribution in [0.25, 0.3) is 0 Å². The molecule has 0 saturated carbocycles. The highest BCUT2D eigenvalue weighted by atomic mass is 16.5. The van der Waals surface area contributed by atoms with Crippen molar-refractivity contribution in [2.24, 2.45) is 0 Å². The zero-order chi connectivity index (χ0) is 21.4. The SMILES string of the molecule is O=C(CC(O)(CC(=O)OCc1ccc(O)cc1)C(=O)O)OCc1ccc(O)cc1. The molecule has 2 rings (SSSR count). The monoisotopic (exact) mass is 404 g/mol. The van der Waals surface area contributed by atoms with E-state index in [1.54, 1.807) is 0 Å². The van der Waals surface area contributed by atoms with Crippen molar-refractivity contribution >= 4 is 17.9 Å². The molecule has 0 aliphatic heterocycles. The fraction of sp³-hybridized carbons (Fsp3) is 0.250. The van der Waals surface area contributed by atoms with Gasteiger partial charge in [-0.1, -0.05) is 24.3 Å². The topological polar surface area (TPSA) is 151 Å². The number of aromatic hydroxyl groups is 2. The van der Waals surface area contributed by atoms with Crippen LogP contribution in [0.3, 0.4) is 0 Å². The predicted octanol–water partition coefficient (Wildman–Crippen LogP) is 1.48. The minimum atomic E-state index is -2.68. The van der Waals surface area contributed by atoms with Crippen LogP contribution in [-0.2, 0) is 37.1 Å². The van der Waals surface area contributed by atoms with Crippen molar-refractivity contribution in [2.45, 2.75) is 31.7 Å². The number of carboxylic acids is 1. The highest BCUT2D eigenvalue weighted by molar-refractivity contribution is 5.89.